The number of anilines is 2. The Hall–Kier alpha value is -4.65. The molecule has 7 nitrogen and oxygen atoms in total. The van der Waals surface area contributed by atoms with Gasteiger partial charge in [-0.3, -0.25) is 14.7 Å². The molecule has 7 heteroatoms. The number of nitrogens with zero attached hydrogens (tertiary/aromatic N) is 3. The number of benzene rings is 3. The Kier molecular flexibility index (Phi) is 10.2. The van der Waals surface area contributed by atoms with Crippen molar-refractivity contribution >= 4 is 23.3 Å². The van der Waals surface area contributed by atoms with Gasteiger partial charge in [-0.15, -0.1) is 0 Å². The summed E-state index contributed by atoms with van der Waals surface area (Å²) in [4.78, 5) is 35.9. The van der Waals surface area contributed by atoms with Gasteiger partial charge in [0.05, 0.1) is 11.7 Å². The fourth-order valence-electron chi connectivity index (χ4n) is 6.00. The molecule has 0 saturated carbocycles. The number of unbranched alkanes of at least 4 members (excludes halogenated alkanes) is 1. The number of rotatable bonds is 12. The molecule has 0 saturated heterocycles. The molecule has 0 spiro atoms. The van der Waals surface area contributed by atoms with Crippen molar-refractivity contribution < 1.29 is 14.3 Å². The number of carbonyl (C=O) groups excluding carboxylic acids is 2. The number of para-hydroxylation sites is 2. The van der Waals surface area contributed by atoms with Crippen molar-refractivity contribution in [2.75, 3.05) is 23.3 Å². The Labute approximate surface area is 267 Å². The van der Waals surface area contributed by atoms with E-state index in [1.807, 2.05) is 59.5 Å². The van der Waals surface area contributed by atoms with Gasteiger partial charge in [-0.1, -0.05) is 89.6 Å². The van der Waals surface area contributed by atoms with Gasteiger partial charge < -0.3 is 15.0 Å². The zero-order valence-corrected chi connectivity index (χ0v) is 27.0. The van der Waals surface area contributed by atoms with Crippen molar-refractivity contribution in [2.24, 2.45) is 0 Å². The van der Waals surface area contributed by atoms with Crippen molar-refractivity contribution in [3.8, 4) is 5.75 Å². The predicted molar refractivity (Wildman–Crippen MR) is 181 cm³/mol. The number of carbonyl (C=O) groups is 2. The minimum atomic E-state index is -0.466. The first-order valence-corrected chi connectivity index (χ1v) is 16.0. The van der Waals surface area contributed by atoms with E-state index in [0.717, 1.165) is 52.0 Å². The maximum absolute atomic E-state index is 14.3. The second-order valence-corrected chi connectivity index (χ2v) is 12.3. The van der Waals surface area contributed by atoms with Gasteiger partial charge in [0.1, 0.15) is 18.9 Å². The van der Waals surface area contributed by atoms with Crippen LogP contribution in [0.5, 0.6) is 5.75 Å². The van der Waals surface area contributed by atoms with Crippen molar-refractivity contribution in [1.29, 1.82) is 0 Å². The third-order valence-corrected chi connectivity index (χ3v) is 8.33. The quantitative estimate of drug-likeness (QED) is 0.176. The van der Waals surface area contributed by atoms with E-state index >= 15 is 0 Å². The monoisotopic (exact) mass is 604 g/mol. The summed E-state index contributed by atoms with van der Waals surface area (Å²) in [5.74, 6) is 0.937. The van der Waals surface area contributed by atoms with E-state index in [1.54, 1.807) is 17.3 Å². The Morgan fingerprint density at radius 1 is 0.911 bits per heavy atom. The molecule has 3 aromatic carbocycles. The van der Waals surface area contributed by atoms with Gasteiger partial charge in [-0.2, -0.15) is 0 Å². The van der Waals surface area contributed by atoms with E-state index < -0.39 is 6.04 Å². The van der Waals surface area contributed by atoms with E-state index in [-0.39, 0.29) is 30.3 Å². The van der Waals surface area contributed by atoms with Crippen LogP contribution in [-0.2, 0) is 11.4 Å². The van der Waals surface area contributed by atoms with Crippen LogP contribution in [0.15, 0.2) is 91.3 Å². The van der Waals surface area contributed by atoms with Gasteiger partial charge >= 0.3 is 6.03 Å². The first-order valence-electron chi connectivity index (χ1n) is 16.0. The Morgan fingerprint density at radius 3 is 2.29 bits per heavy atom. The van der Waals surface area contributed by atoms with Crippen LogP contribution in [0.25, 0.3) is 0 Å². The molecule has 4 aromatic rings. The summed E-state index contributed by atoms with van der Waals surface area (Å²) in [5.41, 5.74) is 6.79. The number of amides is 3. The van der Waals surface area contributed by atoms with Gasteiger partial charge in [0.25, 0.3) is 0 Å². The molecule has 0 fully saturated rings. The van der Waals surface area contributed by atoms with Gasteiger partial charge in [-0.25, -0.2) is 4.79 Å². The molecule has 1 aliphatic heterocycles. The van der Waals surface area contributed by atoms with E-state index in [4.69, 9.17) is 4.74 Å². The molecule has 1 aliphatic rings. The summed E-state index contributed by atoms with van der Waals surface area (Å²) in [7, 11) is 0. The maximum Gasteiger partial charge on any atom is 0.325 e. The zero-order valence-electron chi connectivity index (χ0n) is 27.0. The van der Waals surface area contributed by atoms with E-state index in [2.05, 4.69) is 69.2 Å². The number of hydrogen-bond acceptors (Lipinski definition) is 4. The van der Waals surface area contributed by atoms with Crippen LogP contribution in [0.1, 0.15) is 93.2 Å². The van der Waals surface area contributed by atoms with Crippen molar-refractivity contribution in [3.05, 3.63) is 119 Å². The molecule has 45 heavy (non-hydrogen) atoms. The summed E-state index contributed by atoms with van der Waals surface area (Å²) in [6.07, 6.45) is 5.31. The molecular formula is C38H44N4O3. The van der Waals surface area contributed by atoms with Crippen LogP contribution >= 0.6 is 0 Å². The van der Waals surface area contributed by atoms with Crippen LogP contribution < -0.4 is 15.0 Å². The molecule has 2 heterocycles. The molecule has 234 valence electrons. The summed E-state index contributed by atoms with van der Waals surface area (Å²) >= 11 is 0. The topological polar surface area (TPSA) is 74.8 Å². The van der Waals surface area contributed by atoms with Gasteiger partial charge in [-0.05, 0) is 70.8 Å². The molecule has 5 rings (SSSR count). The molecule has 0 aliphatic carbocycles. The smallest absolute Gasteiger partial charge is 0.325 e. The Balaban J connectivity index is 1.51. The molecule has 1 unspecified atom stereocenters. The summed E-state index contributed by atoms with van der Waals surface area (Å²) in [6, 6.07) is 25.3. The lowest BCUT2D eigenvalue weighted by Gasteiger charge is -2.42. The largest absolute Gasteiger partial charge is 0.489 e. The highest BCUT2D eigenvalue weighted by molar-refractivity contribution is 6.01. The number of fused-ring (bicyclic) bond motifs is 1. The minimum Gasteiger partial charge on any atom is -0.489 e. The SMILES string of the molecule is CCCCN1C(=O)N(CC(=O)Nc2c(C(C)C)cccc2C(C)C)C(c2cccc(OCc3ccncc3)c2)c2ccccc21. The van der Waals surface area contributed by atoms with Crippen LogP contribution in [-0.4, -0.2) is 34.9 Å². The second kappa shape index (κ2) is 14.4. The van der Waals surface area contributed by atoms with Crippen molar-refractivity contribution in [2.45, 2.75) is 71.9 Å². The molecule has 3 amide bonds. The lowest BCUT2D eigenvalue weighted by Crippen LogP contribution is -2.52. The second-order valence-electron chi connectivity index (χ2n) is 12.3. The molecule has 1 atom stereocenters. The van der Waals surface area contributed by atoms with Gasteiger partial charge in [0.2, 0.25) is 5.91 Å². The molecule has 0 radical (unpaired) electrons. The highest BCUT2D eigenvalue weighted by Gasteiger charge is 2.39. The summed E-state index contributed by atoms with van der Waals surface area (Å²) in [5, 5.41) is 3.23. The lowest BCUT2D eigenvalue weighted by atomic mass is 9.92. The van der Waals surface area contributed by atoms with E-state index in [9.17, 15) is 9.59 Å². The highest BCUT2D eigenvalue weighted by atomic mass is 16.5. The van der Waals surface area contributed by atoms with Crippen LogP contribution in [0.3, 0.4) is 0 Å². The molecule has 0 bridgehead atoms. The van der Waals surface area contributed by atoms with Gasteiger partial charge in [0, 0.05) is 30.2 Å². The number of aromatic nitrogens is 1. The third-order valence-electron chi connectivity index (χ3n) is 8.33. The van der Waals surface area contributed by atoms with E-state index in [0.29, 0.717) is 18.9 Å². The lowest BCUT2D eigenvalue weighted by molar-refractivity contribution is -0.117. The summed E-state index contributed by atoms with van der Waals surface area (Å²) < 4.78 is 6.16. The number of ether oxygens (including phenoxy) is 1. The first-order chi connectivity index (χ1) is 21.8. The molecular weight excluding hydrogens is 560 g/mol. The minimum absolute atomic E-state index is 0.0907. The number of nitrogens with one attached hydrogen (secondary N) is 1. The normalized spacial score (nSPS) is 14.6. The van der Waals surface area contributed by atoms with Crippen LogP contribution in [0, 0.1) is 0 Å². The fourth-order valence-corrected chi connectivity index (χ4v) is 6.00. The number of hydrogen-bond donors (Lipinski definition) is 1. The maximum atomic E-state index is 14.3. The average Bonchev–Trinajstić information content (AvgIpc) is 3.04. The predicted octanol–water partition coefficient (Wildman–Crippen LogP) is 8.68. The third kappa shape index (κ3) is 7.19. The van der Waals surface area contributed by atoms with E-state index in [1.165, 1.54) is 0 Å². The molecule has 1 aromatic heterocycles. The zero-order chi connectivity index (χ0) is 31.9. The standard InChI is InChI=1S/C38H44N4O3/c1-6-7-22-41-34-17-9-8-14-33(34)37(29-12-10-13-30(23-29)45-25-28-18-20-39-21-19-28)42(38(41)44)24-35(43)40-36-31(26(2)3)15-11-16-32(36)27(4)5/h8-21,23,26-27,37H,6-7,22,24-25H2,1-5H3,(H,40,43). The number of pyridine rings is 1. The fraction of sp³-hybridized carbons (Fsp3) is 0.342. The van der Waals surface area contributed by atoms with Gasteiger partial charge in [0.15, 0.2) is 0 Å². The Morgan fingerprint density at radius 2 is 1.60 bits per heavy atom. The number of urea groups is 1. The first kappa shape index (κ1) is 31.8. The molecule has 1 N–H and O–H groups in total. The van der Waals surface area contributed by atoms with Crippen molar-refractivity contribution in [1.82, 2.24) is 9.88 Å². The van der Waals surface area contributed by atoms with Crippen LogP contribution in [0.2, 0.25) is 0 Å². The van der Waals surface area contributed by atoms with Crippen molar-refractivity contribution in [3.63, 3.8) is 0 Å². The average molecular weight is 605 g/mol. The highest BCUT2D eigenvalue weighted by Crippen LogP contribution is 2.41. The Bertz CT molecular complexity index is 1590. The summed E-state index contributed by atoms with van der Waals surface area (Å²) in [6.45, 7) is 11.5. The van der Waals surface area contributed by atoms with Crippen LogP contribution in [0.4, 0.5) is 16.2 Å².